The molecule has 1 N–H and O–H groups in total. The summed E-state index contributed by atoms with van der Waals surface area (Å²) in [6.07, 6.45) is 0. The highest BCUT2D eigenvalue weighted by atomic mass is 35.5. The summed E-state index contributed by atoms with van der Waals surface area (Å²) in [4.78, 5) is 14.7. The van der Waals surface area contributed by atoms with Crippen molar-refractivity contribution in [3.05, 3.63) is 51.9 Å². The normalized spacial score (nSPS) is 10.4. The highest BCUT2D eigenvalue weighted by Crippen LogP contribution is 2.26. The average Bonchev–Trinajstić information content (AvgIpc) is 2.27. The van der Waals surface area contributed by atoms with Crippen LogP contribution in [-0.2, 0) is 0 Å². The molecule has 0 saturated carbocycles. The molecule has 0 aliphatic heterocycles. The Morgan fingerprint density at radius 1 is 1.17 bits per heavy atom. The average molecular weight is 286 g/mol. The number of carboxylic acid groups (broad SMARTS) is 1. The summed E-state index contributed by atoms with van der Waals surface area (Å²) in [6.45, 7) is 0. The molecule has 0 aliphatic carbocycles. The summed E-state index contributed by atoms with van der Waals surface area (Å²) in [7, 11) is 0. The first-order valence-electron chi connectivity index (χ1n) is 4.83. The summed E-state index contributed by atoms with van der Waals surface area (Å²) in [5.41, 5.74) is 0.0466. The van der Waals surface area contributed by atoms with E-state index in [1.165, 1.54) is 24.3 Å². The maximum atomic E-state index is 13.7. The van der Waals surface area contributed by atoms with Gasteiger partial charge in [0.2, 0.25) is 0 Å². The third-order valence-electron chi connectivity index (χ3n) is 2.22. The van der Waals surface area contributed by atoms with E-state index < -0.39 is 11.8 Å². The second-order valence-corrected chi connectivity index (χ2v) is 4.36. The number of rotatable bonds is 2. The SMILES string of the molecule is O=C(O)c1cc(Cl)cc(-c2ccc(Cl)cc2F)n1. The standard InChI is InChI=1S/C12H6Cl2FNO2/c13-6-1-2-8(9(15)3-6)10-4-7(14)5-11(16-10)12(17)18/h1-5H,(H,17,18). The molecule has 2 aromatic rings. The molecular weight excluding hydrogens is 280 g/mol. The van der Waals surface area contributed by atoms with E-state index in [4.69, 9.17) is 28.3 Å². The highest BCUT2D eigenvalue weighted by molar-refractivity contribution is 6.31. The van der Waals surface area contributed by atoms with Gasteiger partial charge in [-0.2, -0.15) is 0 Å². The number of nitrogens with zero attached hydrogens (tertiary/aromatic N) is 1. The number of halogens is 3. The first kappa shape index (κ1) is 12.8. The summed E-state index contributed by atoms with van der Waals surface area (Å²) in [6, 6.07) is 6.62. The van der Waals surface area contributed by atoms with Crippen LogP contribution in [0.25, 0.3) is 11.3 Å². The Bertz CT molecular complexity index is 631. The number of aromatic carboxylic acids is 1. The van der Waals surface area contributed by atoms with Crippen molar-refractivity contribution in [1.29, 1.82) is 0 Å². The molecule has 0 bridgehead atoms. The van der Waals surface area contributed by atoms with Crippen LogP contribution >= 0.6 is 23.2 Å². The minimum atomic E-state index is -1.23. The van der Waals surface area contributed by atoms with Crippen LogP contribution in [0.5, 0.6) is 0 Å². The molecule has 0 unspecified atom stereocenters. The van der Waals surface area contributed by atoms with E-state index >= 15 is 0 Å². The van der Waals surface area contributed by atoms with Gasteiger partial charge in [0.1, 0.15) is 11.5 Å². The van der Waals surface area contributed by atoms with Gasteiger partial charge in [0.25, 0.3) is 0 Å². The van der Waals surface area contributed by atoms with Gasteiger partial charge in [-0.05, 0) is 30.3 Å². The Kier molecular flexibility index (Phi) is 3.50. The molecule has 1 heterocycles. The van der Waals surface area contributed by atoms with Crippen molar-refractivity contribution in [3.63, 3.8) is 0 Å². The van der Waals surface area contributed by atoms with Gasteiger partial charge in [-0.1, -0.05) is 23.2 Å². The maximum Gasteiger partial charge on any atom is 0.354 e. The molecule has 6 heteroatoms. The number of hydrogen-bond acceptors (Lipinski definition) is 2. The lowest BCUT2D eigenvalue weighted by molar-refractivity contribution is 0.0690. The molecule has 0 aliphatic rings. The zero-order chi connectivity index (χ0) is 13.3. The van der Waals surface area contributed by atoms with Crippen molar-refractivity contribution >= 4 is 29.2 Å². The van der Waals surface area contributed by atoms with Crippen molar-refractivity contribution in [3.8, 4) is 11.3 Å². The third kappa shape index (κ3) is 2.60. The van der Waals surface area contributed by atoms with Crippen LogP contribution in [0.15, 0.2) is 30.3 Å². The fourth-order valence-corrected chi connectivity index (χ4v) is 1.81. The van der Waals surface area contributed by atoms with Crippen molar-refractivity contribution in [2.45, 2.75) is 0 Å². The second kappa shape index (κ2) is 4.92. The van der Waals surface area contributed by atoms with Crippen LogP contribution in [0.3, 0.4) is 0 Å². The topological polar surface area (TPSA) is 50.2 Å². The van der Waals surface area contributed by atoms with Gasteiger partial charge < -0.3 is 5.11 Å². The van der Waals surface area contributed by atoms with Gasteiger partial charge >= 0.3 is 5.97 Å². The Balaban J connectivity index is 2.60. The molecule has 0 spiro atoms. The predicted molar refractivity (Wildman–Crippen MR) is 66.6 cm³/mol. The molecular formula is C12H6Cl2FNO2. The van der Waals surface area contributed by atoms with E-state index in [1.54, 1.807) is 0 Å². The van der Waals surface area contributed by atoms with E-state index in [1.807, 2.05) is 0 Å². The summed E-state index contributed by atoms with van der Waals surface area (Å²) in [5, 5.41) is 9.28. The van der Waals surface area contributed by atoms with E-state index in [0.29, 0.717) is 0 Å². The van der Waals surface area contributed by atoms with Crippen molar-refractivity contribution in [2.75, 3.05) is 0 Å². The quantitative estimate of drug-likeness (QED) is 0.911. The molecule has 92 valence electrons. The molecule has 0 atom stereocenters. The summed E-state index contributed by atoms with van der Waals surface area (Å²) in [5.74, 6) is -1.82. The molecule has 0 radical (unpaired) electrons. The zero-order valence-corrected chi connectivity index (χ0v) is 10.3. The Morgan fingerprint density at radius 3 is 2.50 bits per heavy atom. The minimum absolute atomic E-state index is 0.143. The maximum absolute atomic E-state index is 13.7. The van der Waals surface area contributed by atoms with E-state index in [9.17, 15) is 9.18 Å². The fraction of sp³-hybridized carbons (Fsp3) is 0. The van der Waals surface area contributed by atoms with E-state index in [2.05, 4.69) is 4.98 Å². The molecule has 0 amide bonds. The molecule has 0 fully saturated rings. The lowest BCUT2D eigenvalue weighted by atomic mass is 10.1. The van der Waals surface area contributed by atoms with Crippen LogP contribution in [0.1, 0.15) is 10.5 Å². The minimum Gasteiger partial charge on any atom is -0.477 e. The first-order valence-corrected chi connectivity index (χ1v) is 5.59. The van der Waals surface area contributed by atoms with Crippen LogP contribution in [0, 0.1) is 5.82 Å². The number of pyridine rings is 1. The van der Waals surface area contributed by atoms with Crippen LogP contribution in [0.4, 0.5) is 4.39 Å². The molecule has 1 aromatic carbocycles. The Labute approximate surface area is 112 Å². The second-order valence-electron chi connectivity index (χ2n) is 3.49. The largest absolute Gasteiger partial charge is 0.477 e. The Morgan fingerprint density at radius 2 is 1.89 bits per heavy atom. The van der Waals surface area contributed by atoms with Crippen LogP contribution < -0.4 is 0 Å². The zero-order valence-electron chi connectivity index (χ0n) is 8.82. The molecule has 0 saturated heterocycles. The number of carboxylic acids is 1. The van der Waals surface area contributed by atoms with Crippen molar-refractivity contribution in [1.82, 2.24) is 4.98 Å². The van der Waals surface area contributed by atoms with Crippen LogP contribution in [0.2, 0.25) is 10.0 Å². The fourth-order valence-electron chi connectivity index (χ4n) is 1.44. The van der Waals surface area contributed by atoms with Crippen molar-refractivity contribution < 1.29 is 14.3 Å². The monoisotopic (exact) mass is 285 g/mol. The smallest absolute Gasteiger partial charge is 0.354 e. The number of carbonyl (C=O) groups is 1. The van der Waals surface area contributed by atoms with E-state index in [0.717, 1.165) is 6.07 Å². The van der Waals surface area contributed by atoms with E-state index in [-0.39, 0.29) is 27.0 Å². The number of hydrogen-bond donors (Lipinski definition) is 1. The molecule has 3 nitrogen and oxygen atoms in total. The lowest BCUT2D eigenvalue weighted by Gasteiger charge is -2.05. The predicted octanol–water partition coefficient (Wildman–Crippen LogP) is 3.89. The van der Waals surface area contributed by atoms with Gasteiger partial charge in [0, 0.05) is 15.6 Å². The summed E-state index contributed by atoms with van der Waals surface area (Å²) >= 11 is 11.4. The van der Waals surface area contributed by atoms with Crippen molar-refractivity contribution in [2.24, 2.45) is 0 Å². The van der Waals surface area contributed by atoms with Gasteiger partial charge in [-0.3, -0.25) is 0 Å². The number of benzene rings is 1. The van der Waals surface area contributed by atoms with Gasteiger partial charge in [-0.25, -0.2) is 14.2 Å². The molecule has 2 rings (SSSR count). The van der Waals surface area contributed by atoms with Gasteiger partial charge in [-0.15, -0.1) is 0 Å². The van der Waals surface area contributed by atoms with Gasteiger partial charge in [0.05, 0.1) is 5.69 Å². The van der Waals surface area contributed by atoms with Gasteiger partial charge in [0.15, 0.2) is 0 Å². The lowest BCUT2D eigenvalue weighted by Crippen LogP contribution is -2.01. The molecule has 18 heavy (non-hydrogen) atoms. The molecule has 1 aromatic heterocycles. The Hall–Kier alpha value is -1.65. The first-order chi connectivity index (χ1) is 8.47. The third-order valence-corrected chi connectivity index (χ3v) is 2.67. The summed E-state index contributed by atoms with van der Waals surface area (Å²) < 4.78 is 13.7. The highest BCUT2D eigenvalue weighted by Gasteiger charge is 2.12. The number of aromatic nitrogens is 1. The van der Waals surface area contributed by atoms with Crippen LogP contribution in [-0.4, -0.2) is 16.1 Å².